The third-order valence-electron chi connectivity index (χ3n) is 14.4. The number of amides is 7. The first-order valence-electron chi connectivity index (χ1n) is 27.0. The van der Waals surface area contributed by atoms with E-state index in [4.69, 9.17) is 12.3 Å². The number of nitrogens with one attached hydrogen (secondary N) is 6. The molecule has 7 amide bonds. The Kier molecular flexibility index (Phi) is 22.9. The molecule has 2 aromatic rings. The lowest BCUT2D eigenvalue weighted by Gasteiger charge is -2.30. The first-order valence-corrected chi connectivity index (χ1v) is 29.1. The molecule has 26 nitrogen and oxygen atoms in total. The normalized spacial score (nSPS) is 21.5. The number of carbonyl (C=O) groups is 11. The third kappa shape index (κ3) is 18.0. The molecule has 8 N–H and O–H groups in total. The minimum absolute atomic E-state index is 0.0401. The van der Waals surface area contributed by atoms with Gasteiger partial charge in [0.2, 0.25) is 47.6 Å². The number of aliphatic hydroxyl groups is 1. The van der Waals surface area contributed by atoms with E-state index in [1.165, 1.54) is 4.90 Å². The first-order chi connectivity index (χ1) is 38.1. The highest BCUT2D eigenvalue weighted by Crippen LogP contribution is 2.39. The standard InChI is InChI=1S/C52H72N10O16.CH3.Al/c1-5-30(3)46(50(75)56-36-15-14-33-8-7-9-34-23-38(62(47(33)34)51(36)76)49(74)57-37-24-45(72)78-52(37)77)58-41(65)26-53-40(64)25-54-48(73)35(16-17-42(66)67)55-39(63)22-31-10-12-32(13-11-31)27-61(19-18-59(4)28-43(68)69)21-20-60(6-2)29-44(70)71;;/h7-13,30,35-38,46,52,77H,5-6,14-29H2,1-4H3,(H,53,64)(H,54,73)(H,55,63)(H,56,75)(H,57,74)(H,58,65)(H,66,67)(H,68,69)(H,70,71);1H3;/q;;+2/p-2/t30-,35-,36-,37-,38-,46-,52+;;/m0../s1. The first kappa shape index (κ1) is 62.2. The molecule has 0 saturated carbocycles. The van der Waals surface area contributed by atoms with Crippen LogP contribution < -0.4 is 36.8 Å². The second kappa shape index (κ2) is 29.4. The van der Waals surface area contributed by atoms with Crippen molar-refractivity contribution in [2.45, 2.75) is 121 Å². The fourth-order valence-electron chi connectivity index (χ4n) is 9.79. The molecule has 4 heterocycles. The maximum atomic E-state index is 14.3. The maximum absolute atomic E-state index is 14.3. The van der Waals surface area contributed by atoms with Crippen LogP contribution in [0.15, 0.2) is 42.5 Å². The van der Waals surface area contributed by atoms with Crippen molar-refractivity contribution < 1.29 is 75.3 Å². The topological polar surface area (TPSA) is 341 Å². The Morgan fingerprint density at radius 1 is 0.762 bits per heavy atom. The van der Waals surface area contributed by atoms with Crippen LogP contribution in [-0.2, 0) is 90.9 Å². The lowest BCUT2D eigenvalue weighted by molar-refractivity contribution is -0.155. The fourth-order valence-corrected chi connectivity index (χ4v) is 10.7. The van der Waals surface area contributed by atoms with E-state index in [1.807, 2.05) is 41.0 Å². The Hall–Kier alpha value is -7.02. The van der Waals surface area contributed by atoms with Gasteiger partial charge in [-0.1, -0.05) is 69.7 Å². The number of aryl methyl sites for hydroxylation is 1. The SMILES string of the molecule is CC[C@H](C)[C@H](NC(=O)CNC(=O)CNC(=O)[C@H](CCC(=O)O)NC(=O)Cc1ccc(CN2CCN(C)CC(=O)[O][Al]([CH3])[O]C(=O)CN(CC)CC2)cc1)C(=O)N[C@H]1CCc2cccc3c2N(C1=O)[C@H](C(=O)N[C@H]1CC(=O)O[C@H]1O)C3. The minimum Gasteiger partial charge on any atom is -0.584 e. The van der Waals surface area contributed by atoms with E-state index in [1.54, 1.807) is 44.9 Å². The van der Waals surface area contributed by atoms with Gasteiger partial charge in [-0.05, 0) is 66.8 Å². The van der Waals surface area contributed by atoms with Crippen LogP contribution in [0.3, 0.4) is 0 Å². The molecule has 4 aliphatic heterocycles. The molecule has 0 unspecified atom stereocenters. The summed E-state index contributed by atoms with van der Waals surface area (Å²) in [4.78, 5) is 150. The molecule has 0 aliphatic carbocycles. The molecule has 27 heteroatoms. The summed E-state index contributed by atoms with van der Waals surface area (Å²) in [6.45, 7) is 7.78. The van der Waals surface area contributed by atoms with Crippen LogP contribution in [0.2, 0.25) is 5.79 Å². The number of carboxylic acid groups (broad SMARTS) is 1. The molecule has 80 heavy (non-hydrogen) atoms. The molecule has 6 rings (SSSR count). The van der Waals surface area contributed by atoms with Crippen molar-refractivity contribution in [1.82, 2.24) is 46.6 Å². The molecule has 4 aliphatic rings. The molecule has 0 aromatic heterocycles. The Balaban J connectivity index is 0.982. The number of rotatable bonds is 21. The van der Waals surface area contributed by atoms with Crippen LogP contribution in [-0.4, -0.2) is 207 Å². The highest BCUT2D eigenvalue weighted by atomic mass is 27.2. The van der Waals surface area contributed by atoms with Crippen molar-refractivity contribution in [3.8, 4) is 0 Å². The van der Waals surface area contributed by atoms with Crippen molar-refractivity contribution in [3.63, 3.8) is 0 Å². The van der Waals surface area contributed by atoms with E-state index < -0.39 is 142 Å². The summed E-state index contributed by atoms with van der Waals surface area (Å²) >= 11 is -2.47. The molecule has 0 spiro atoms. The van der Waals surface area contributed by atoms with E-state index in [0.717, 1.165) is 16.7 Å². The number of hydrogen-bond acceptors (Lipinski definition) is 18. The predicted molar refractivity (Wildman–Crippen MR) is 285 cm³/mol. The second-order valence-electron chi connectivity index (χ2n) is 20.6. The van der Waals surface area contributed by atoms with Gasteiger partial charge in [-0.2, -0.15) is 0 Å². The number of ether oxygens (including phenoxy) is 1. The number of carboxylic acids is 1. The monoisotopic (exact) mass is 1130 g/mol. The lowest BCUT2D eigenvalue weighted by atomic mass is 9.97. The number of carbonyl (C=O) groups excluding carboxylic acids is 10. The zero-order chi connectivity index (χ0) is 58.2. The molecule has 0 bridgehead atoms. The summed E-state index contributed by atoms with van der Waals surface area (Å²) in [5.74, 6) is -6.50. The zero-order valence-corrected chi connectivity index (χ0v) is 46.9. The number of cyclic esters (lactones) is 1. The van der Waals surface area contributed by atoms with Crippen LogP contribution in [0, 0.1) is 5.92 Å². The van der Waals surface area contributed by atoms with Crippen molar-refractivity contribution in [1.29, 1.82) is 0 Å². The van der Waals surface area contributed by atoms with Crippen molar-refractivity contribution >= 4 is 85.7 Å². The van der Waals surface area contributed by atoms with E-state index in [9.17, 15) is 63.0 Å². The molecule has 2 fully saturated rings. The van der Waals surface area contributed by atoms with E-state index in [-0.39, 0.29) is 45.2 Å². The molecule has 0 radical (unpaired) electrons. The average molecular weight is 1130 g/mol. The summed E-state index contributed by atoms with van der Waals surface area (Å²) in [7, 11) is 1.81. The van der Waals surface area contributed by atoms with Crippen LogP contribution in [0.5, 0.6) is 0 Å². The third-order valence-corrected chi connectivity index (χ3v) is 15.6. The van der Waals surface area contributed by atoms with E-state index in [0.29, 0.717) is 63.4 Å². The van der Waals surface area contributed by atoms with Crippen molar-refractivity contribution in [2.24, 2.45) is 5.92 Å². The van der Waals surface area contributed by atoms with Gasteiger partial charge in [-0.3, -0.25) is 72.3 Å². The number of nitrogens with zero attached hydrogens (tertiary/aromatic N) is 4. The smallest absolute Gasteiger partial charge is 0.584 e. The highest BCUT2D eigenvalue weighted by Gasteiger charge is 2.46. The van der Waals surface area contributed by atoms with Gasteiger partial charge in [0.15, 0.2) is 0 Å². The molecular formula is C53H73AlN10O16. The quantitative estimate of drug-likeness (QED) is 0.0484. The number of aliphatic hydroxyl groups excluding tert-OH is 1. The maximum Gasteiger partial charge on any atom is 0.857 e. The van der Waals surface area contributed by atoms with Gasteiger partial charge in [0.25, 0.3) is 11.9 Å². The molecule has 434 valence electrons. The van der Waals surface area contributed by atoms with E-state index >= 15 is 0 Å². The van der Waals surface area contributed by atoms with Gasteiger partial charge in [0.05, 0.1) is 44.7 Å². The Morgan fingerprint density at radius 3 is 2.10 bits per heavy atom. The van der Waals surface area contributed by atoms with Crippen molar-refractivity contribution in [2.75, 3.05) is 70.9 Å². The Morgan fingerprint density at radius 2 is 1.43 bits per heavy atom. The average Bonchev–Trinajstić information content (AvgIpc) is 4.13. The van der Waals surface area contributed by atoms with Gasteiger partial charge in [-0.15, -0.1) is 0 Å². The number of benzene rings is 2. The van der Waals surface area contributed by atoms with Crippen LogP contribution in [0.1, 0.15) is 75.1 Å². The summed E-state index contributed by atoms with van der Waals surface area (Å²) in [6, 6.07) is 6.99. The number of esters is 1. The number of hydrogen-bond donors (Lipinski definition) is 8. The zero-order valence-electron chi connectivity index (χ0n) is 45.8. The van der Waals surface area contributed by atoms with Gasteiger partial charge >= 0.3 is 26.8 Å². The summed E-state index contributed by atoms with van der Waals surface area (Å²) in [5, 5.41) is 34.9. The molecule has 2 saturated heterocycles. The molecule has 7 atom stereocenters. The Labute approximate surface area is 468 Å². The summed E-state index contributed by atoms with van der Waals surface area (Å²) < 4.78 is 15.5. The minimum atomic E-state index is -2.47. The summed E-state index contributed by atoms with van der Waals surface area (Å²) in [5.41, 5.74) is 3.60. The van der Waals surface area contributed by atoms with Crippen LogP contribution >= 0.6 is 0 Å². The molecular weight excluding hydrogens is 1060 g/mol. The van der Waals surface area contributed by atoms with Gasteiger partial charge in [0.1, 0.15) is 30.2 Å². The number of likely N-dealkylation sites (N-methyl/N-ethyl adjacent to an activating group) is 2. The van der Waals surface area contributed by atoms with Gasteiger partial charge < -0.3 is 54.4 Å². The number of anilines is 1. The van der Waals surface area contributed by atoms with Crippen molar-refractivity contribution in [3.05, 3.63) is 64.7 Å². The number of para-hydroxylation sites is 1. The van der Waals surface area contributed by atoms with E-state index in [2.05, 4.69) is 36.8 Å². The summed E-state index contributed by atoms with van der Waals surface area (Å²) in [6.07, 6.45) is -1.62. The lowest BCUT2D eigenvalue weighted by Crippen LogP contribution is -2.59. The van der Waals surface area contributed by atoms with Gasteiger partial charge in [-0.25, -0.2) is 0 Å². The molecule has 2 aromatic carbocycles. The second-order valence-corrected chi connectivity index (χ2v) is 22.2. The highest BCUT2D eigenvalue weighted by molar-refractivity contribution is 6.47. The largest absolute Gasteiger partial charge is 0.857 e. The Bertz CT molecular complexity index is 2630. The van der Waals surface area contributed by atoms with Gasteiger partial charge in [0, 0.05) is 45.6 Å². The fraction of sp³-hybridized carbons (Fsp3) is 0.566. The van der Waals surface area contributed by atoms with Crippen LogP contribution in [0.4, 0.5) is 5.69 Å². The predicted octanol–water partition coefficient (Wildman–Crippen LogP) is -2.25. The van der Waals surface area contributed by atoms with Crippen LogP contribution in [0.25, 0.3) is 0 Å². The number of aliphatic carboxylic acids is 1.